The lowest BCUT2D eigenvalue weighted by molar-refractivity contribution is 0.517. The number of anilines is 1. The Morgan fingerprint density at radius 2 is 2.04 bits per heavy atom. The Morgan fingerprint density at radius 3 is 2.64 bits per heavy atom. The zero-order valence-corrected chi connectivity index (χ0v) is 17.3. The molecule has 0 spiro atoms. The summed E-state index contributed by atoms with van der Waals surface area (Å²) in [5, 5.41) is 7.96. The molecule has 1 unspecified atom stereocenters. The third kappa shape index (κ3) is 4.51. The van der Waals surface area contributed by atoms with Gasteiger partial charge in [-0.3, -0.25) is 4.21 Å². The Hall–Kier alpha value is -2.03. The molecule has 1 atom stereocenters. The number of rotatable bonds is 9. The quantitative estimate of drug-likeness (QED) is 0.338. The third-order valence-electron chi connectivity index (χ3n) is 5.36. The van der Waals surface area contributed by atoms with Gasteiger partial charge in [0.15, 0.2) is 0 Å². The summed E-state index contributed by atoms with van der Waals surface area (Å²) < 4.78 is 25.6. The number of aromatic nitrogens is 2. The number of hydrogen-bond donors (Lipinski definition) is 3. The minimum Gasteiger partial charge on any atom is -0.760 e. The molecule has 3 rings (SSSR count). The van der Waals surface area contributed by atoms with E-state index in [0.717, 1.165) is 25.1 Å². The number of fused-ring (bicyclic) bond motifs is 1. The first-order valence-corrected chi connectivity index (χ1v) is 10.8. The lowest BCUT2D eigenvalue weighted by Crippen LogP contribution is -2.20. The van der Waals surface area contributed by atoms with Crippen molar-refractivity contribution in [1.82, 2.24) is 14.3 Å². The number of nitrogen functional groups attached to an aromatic ring is 1. The normalized spacial score (nSPS) is 14.2. The van der Waals surface area contributed by atoms with Crippen LogP contribution in [0.4, 0.5) is 5.82 Å². The first-order valence-electron chi connectivity index (χ1n) is 9.77. The van der Waals surface area contributed by atoms with Crippen molar-refractivity contribution in [3.63, 3.8) is 0 Å². The van der Waals surface area contributed by atoms with E-state index in [-0.39, 0.29) is 0 Å². The molecule has 0 radical (unpaired) electrons. The maximum Gasteiger partial charge on any atom is 0.132 e. The minimum absolute atomic E-state index is 0.334. The zero-order chi connectivity index (χ0) is 20.3. The molecule has 8 heteroatoms. The SMILES string of the molecule is CCc1cc2c(cc1Cc1nc(C(C)=N)c(N)n1CCCNS(=O)[O-])CCC2. The van der Waals surface area contributed by atoms with Crippen LogP contribution < -0.4 is 10.5 Å². The number of nitrogens with one attached hydrogen (secondary N) is 2. The predicted molar refractivity (Wildman–Crippen MR) is 111 cm³/mol. The maximum absolute atomic E-state index is 10.7. The fourth-order valence-electron chi connectivity index (χ4n) is 3.96. The van der Waals surface area contributed by atoms with Crippen LogP contribution in [0.15, 0.2) is 12.1 Å². The monoisotopic (exact) mass is 402 g/mol. The molecule has 1 aromatic carbocycles. The first kappa shape index (κ1) is 20.7. The summed E-state index contributed by atoms with van der Waals surface area (Å²) in [6.07, 6.45) is 5.74. The van der Waals surface area contributed by atoms with Gasteiger partial charge in [0.25, 0.3) is 0 Å². The first-order chi connectivity index (χ1) is 13.4. The highest BCUT2D eigenvalue weighted by Crippen LogP contribution is 2.28. The molecule has 0 saturated carbocycles. The lowest BCUT2D eigenvalue weighted by Gasteiger charge is -2.14. The fraction of sp³-hybridized carbons (Fsp3) is 0.500. The predicted octanol–water partition coefficient (Wildman–Crippen LogP) is 2.27. The highest BCUT2D eigenvalue weighted by Gasteiger charge is 2.19. The van der Waals surface area contributed by atoms with Crippen molar-refractivity contribution >= 4 is 22.8 Å². The topological polar surface area (TPSA) is 120 Å². The van der Waals surface area contributed by atoms with Crippen LogP contribution >= 0.6 is 0 Å². The van der Waals surface area contributed by atoms with Gasteiger partial charge in [-0.1, -0.05) is 19.1 Å². The number of nitrogens with zero attached hydrogens (tertiary/aromatic N) is 2. The van der Waals surface area contributed by atoms with Crippen LogP contribution in [0.25, 0.3) is 0 Å². The van der Waals surface area contributed by atoms with Gasteiger partial charge in [-0.05, 0) is 61.3 Å². The summed E-state index contributed by atoms with van der Waals surface area (Å²) in [7, 11) is 0. The van der Waals surface area contributed by atoms with Crippen molar-refractivity contribution < 1.29 is 8.76 Å². The second kappa shape index (κ2) is 8.98. The van der Waals surface area contributed by atoms with Crippen molar-refractivity contribution in [3.05, 3.63) is 45.9 Å². The van der Waals surface area contributed by atoms with E-state index in [2.05, 4.69) is 28.8 Å². The van der Waals surface area contributed by atoms with E-state index in [9.17, 15) is 8.76 Å². The van der Waals surface area contributed by atoms with E-state index in [4.69, 9.17) is 11.1 Å². The van der Waals surface area contributed by atoms with Crippen LogP contribution in [0.5, 0.6) is 0 Å². The average molecular weight is 403 g/mol. The van der Waals surface area contributed by atoms with E-state index < -0.39 is 11.3 Å². The fourth-order valence-corrected chi connectivity index (χ4v) is 4.27. The summed E-state index contributed by atoms with van der Waals surface area (Å²) >= 11 is -2.26. The molecule has 7 nitrogen and oxygen atoms in total. The molecule has 0 bridgehead atoms. The van der Waals surface area contributed by atoms with Gasteiger partial charge in [0.05, 0.1) is 5.71 Å². The van der Waals surface area contributed by atoms with E-state index in [1.165, 1.54) is 28.7 Å². The highest BCUT2D eigenvalue weighted by molar-refractivity contribution is 7.77. The van der Waals surface area contributed by atoms with Gasteiger partial charge in [-0.25, -0.2) is 9.71 Å². The summed E-state index contributed by atoms with van der Waals surface area (Å²) in [5.74, 6) is 1.31. The average Bonchev–Trinajstić information content (AvgIpc) is 3.22. The number of benzene rings is 1. The molecule has 0 aliphatic heterocycles. The molecular formula is C20H28N5O2S-. The van der Waals surface area contributed by atoms with Crippen molar-refractivity contribution in [3.8, 4) is 0 Å². The number of aryl methyl sites for hydroxylation is 3. The van der Waals surface area contributed by atoms with E-state index >= 15 is 0 Å². The molecule has 1 aliphatic rings. The van der Waals surface area contributed by atoms with Crippen molar-refractivity contribution in [2.75, 3.05) is 12.3 Å². The molecule has 0 saturated heterocycles. The molecule has 28 heavy (non-hydrogen) atoms. The van der Waals surface area contributed by atoms with Crippen LogP contribution in [-0.2, 0) is 43.5 Å². The van der Waals surface area contributed by atoms with Gasteiger partial charge in [-0.15, -0.1) is 0 Å². The summed E-state index contributed by atoms with van der Waals surface area (Å²) in [5.41, 5.74) is 12.6. The van der Waals surface area contributed by atoms with Crippen LogP contribution in [0.2, 0.25) is 0 Å². The van der Waals surface area contributed by atoms with Crippen molar-refractivity contribution in [2.24, 2.45) is 0 Å². The Labute approximate surface area is 168 Å². The summed E-state index contributed by atoms with van der Waals surface area (Å²) in [6, 6.07) is 4.65. The number of nitrogens with two attached hydrogens (primary N) is 1. The van der Waals surface area contributed by atoms with Crippen molar-refractivity contribution in [2.45, 2.75) is 58.9 Å². The van der Waals surface area contributed by atoms with Crippen LogP contribution in [0.1, 0.15) is 60.5 Å². The minimum atomic E-state index is -2.26. The lowest BCUT2D eigenvalue weighted by atomic mass is 9.96. The summed E-state index contributed by atoms with van der Waals surface area (Å²) in [4.78, 5) is 4.66. The zero-order valence-electron chi connectivity index (χ0n) is 16.5. The van der Waals surface area contributed by atoms with Gasteiger partial charge in [0.1, 0.15) is 17.3 Å². The van der Waals surface area contributed by atoms with Gasteiger partial charge >= 0.3 is 0 Å². The smallest absolute Gasteiger partial charge is 0.132 e. The van der Waals surface area contributed by atoms with Crippen LogP contribution in [0.3, 0.4) is 0 Å². The van der Waals surface area contributed by atoms with E-state index in [0.29, 0.717) is 43.2 Å². The van der Waals surface area contributed by atoms with E-state index in [1.54, 1.807) is 6.92 Å². The molecule has 1 aromatic heterocycles. The Kier molecular flexibility index (Phi) is 6.64. The molecule has 152 valence electrons. The Morgan fingerprint density at radius 1 is 1.36 bits per heavy atom. The molecular weight excluding hydrogens is 374 g/mol. The third-order valence-corrected chi connectivity index (χ3v) is 5.80. The number of imidazole rings is 1. The summed E-state index contributed by atoms with van der Waals surface area (Å²) in [6.45, 7) is 4.74. The molecule has 4 N–H and O–H groups in total. The molecule has 0 fully saturated rings. The van der Waals surface area contributed by atoms with Gasteiger partial charge in [-0.2, -0.15) is 0 Å². The number of hydrogen-bond acceptors (Lipinski definition) is 5. The Bertz CT molecular complexity index is 906. The molecule has 2 aromatic rings. The molecule has 0 amide bonds. The van der Waals surface area contributed by atoms with Crippen molar-refractivity contribution in [1.29, 1.82) is 5.41 Å². The van der Waals surface area contributed by atoms with Crippen LogP contribution in [-0.4, -0.2) is 30.6 Å². The van der Waals surface area contributed by atoms with E-state index in [1.807, 2.05) is 4.57 Å². The molecule has 1 aliphatic carbocycles. The van der Waals surface area contributed by atoms with Gasteiger partial charge in [0, 0.05) is 30.8 Å². The Balaban J connectivity index is 1.89. The molecule has 1 heterocycles. The highest BCUT2D eigenvalue weighted by atomic mass is 32.2. The van der Waals surface area contributed by atoms with Crippen LogP contribution in [0, 0.1) is 5.41 Å². The van der Waals surface area contributed by atoms with Gasteiger partial charge < -0.3 is 20.3 Å². The standard InChI is InChI=1S/C20H29N5O2S/c1-3-14-10-15-6-4-7-16(15)11-17(14)12-18-24-19(13(2)21)20(22)25(18)9-5-8-23-28(26)27/h10-11,21,23H,3-9,12,22H2,1-2H3,(H,26,27)/p-1. The maximum atomic E-state index is 10.7. The second-order valence-electron chi connectivity index (χ2n) is 7.29. The largest absolute Gasteiger partial charge is 0.760 e. The van der Waals surface area contributed by atoms with Gasteiger partial charge in [0.2, 0.25) is 0 Å². The second-order valence-corrected chi connectivity index (χ2v) is 8.05.